The Morgan fingerprint density at radius 1 is 1.00 bits per heavy atom. The van der Waals surface area contributed by atoms with E-state index in [1.165, 1.54) is 0 Å². The monoisotopic (exact) mass is 237 g/mol. The molecule has 0 spiro atoms. The van der Waals surface area contributed by atoms with E-state index in [0.29, 0.717) is 26.4 Å². The molecule has 2 heterocycles. The fraction of sp³-hybridized carbons (Fsp3) is 0.500. The maximum absolute atomic E-state index is 5.69. The van der Waals surface area contributed by atoms with Gasteiger partial charge in [0, 0.05) is 5.56 Å². The summed E-state index contributed by atoms with van der Waals surface area (Å²) in [6.45, 7) is 2.20. The normalized spacial score (nSPS) is 27.8. The minimum atomic E-state index is -0.356. The third kappa shape index (κ3) is 2.22. The van der Waals surface area contributed by atoms with Crippen molar-refractivity contribution in [1.82, 2.24) is 0 Å². The van der Waals surface area contributed by atoms with Crippen molar-refractivity contribution in [2.75, 3.05) is 26.4 Å². The zero-order valence-corrected chi connectivity index (χ0v) is 9.43. The largest absolute Gasteiger partial charge is 0.486 e. The number of rotatable bonds is 1. The van der Waals surface area contributed by atoms with Crippen molar-refractivity contribution < 1.29 is 18.9 Å². The van der Waals surface area contributed by atoms with Gasteiger partial charge in [0.25, 0.3) is 0 Å². The van der Waals surface area contributed by atoms with Crippen LogP contribution in [0.1, 0.15) is 11.9 Å². The molecule has 2 aliphatic rings. The smallest absolute Gasteiger partial charge is 0.184 e. The number of ether oxygens (including phenoxy) is 4. The molecule has 1 aromatic rings. The highest BCUT2D eigenvalue weighted by molar-refractivity contribution is 5.44. The van der Waals surface area contributed by atoms with Gasteiger partial charge in [-0.05, 0) is 12.1 Å². The molecule has 1 aromatic carbocycles. The van der Waals surface area contributed by atoms with Crippen LogP contribution in [0, 0.1) is 0 Å². The number of benzene rings is 1. The first-order chi connectivity index (χ1) is 8.33. The van der Waals surface area contributed by atoms with E-state index in [0.717, 1.165) is 17.1 Å². The molecule has 17 heavy (non-hydrogen) atoms. The molecule has 0 amide bonds. The molecule has 3 rings (SSSR count). The van der Waals surface area contributed by atoms with Crippen LogP contribution in [0.5, 0.6) is 11.5 Å². The highest BCUT2D eigenvalue weighted by Crippen LogP contribution is 2.34. The molecule has 1 fully saturated rings. The first-order valence-electron chi connectivity index (χ1n) is 5.71. The summed E-state index contributed by atoms with van der Waals surface area (Å²) in [7, 11) is 0. The molecule has 0 unspecified atom stereocenters. The van der Waals surface area contributed by atoms with Crippen molar-refractivity contribution in [2.24, 2.45) is 5.73 Å². The van der Waals surface area contributed by atoms with Gasteiger partial charge >= 0.3 is 0 Å². The van der Waals surface area contributed by atoms with Crippen LogP contribution in [0.25, 0.3) is 0 Å². The topological polar surface area (TPSA) is 62.9 Å². The molecular weight excluding hydrogens is 222 g/mol. The van der Waals surface area contributed by atoms with E-state index in [4.69, 9.17) is 24.7 Å². The van der Waals surface area contributed by atoms with E-state index >= 15 is 0 Å². The van der Waals surface area contributed by atoms with E-state index in [1.54, 1.807) is 0 Å². The Kier molecular flexibility index (Phi) is 2.88. The highest BCUT2D eigenvalue weighted by atomic mass is 16.7. The second-order valence-electron chi connectivity index (χ2n) is 4.16. The van der Waals surface area contributed by atoms with Gasteiger partial charge in [0.1, 0.15) is 13.2 Å². The van der Waals surface area contributed by atoms with Crippen LogP contribution >= 0.6 is 0 Å². The summed E-state index contributed by atoms with van der Waals surface area (Å²) in [5.41, 5.74) is 6.62. The third-order valence-electron chi connectivity index (χ3n) is 2.76. The standard InChI is InChI=1S/C12H15NO4/c13-9-6-16-12(17-7-9)8-1-2-10-11(5-8)15-4-3-14-10/h1-2,5,9,12H,3-4,6-7,13H2. The molecule has 0 bridgehead atoms. The van der Waals surface area contributed by atoms with E-state index in [9.17, 15) is 0 Å². The van der Waals surface area contributed by atoms with E-state index < -0.39 is 0 Å². The summed E-state index contributed by atoms with van der Waals surface area (Å²) in [6, 6.07) is 5.67. The molecule has 0 aromatic heterocycles. The summed E-state index contributed by atoms with van der Waals surface area (Å²) in [5.74, 6) is 1.52. The number of nitrogens with two attached hydrogens (primary N) is 1. The van der Waals surface area contributed by atoms with Gasteiger partial charge in [-0.1, -0.05) is 6.07 Å². The fourth-order valence-electron chi connectivity index (χ4n) is 1.92. The second kappa shape index (κ2) is 4.52. The molecule has 0 atom stereocenters. The lowest BCUT2D eigenvalue weighted by atomic mass is 10.1. The van der Waals surface area contributed by atoms with Gasteiger partial charge in [0.15, 0.2) is 17.8 Å². The summed E-state index contributed by atoms with van der Waals surface area (Å²) < 4.78 is 22.0. The summed E-state index contributed by atoms with van der Waals surface area (Å²) >= 11 is 0. The molecule has 2 aliphatic heterocycles. The first-order valence-corrected chi connectivity index (χ1v) is 5.71. The SMILES string of the molecule is NC1COC(c2ccc3c(c2)OCCO3)OC1. The minimum Gasteiger partial charge on any atom is -0.486 e. The molecule has 0 aliphatic carbocycles. The predicted octanol–water partition coefficient (Wildman–Crippen LogP) is 0.830. The Bertz CT molecular complexity index is 401. The number of fused-ring (bicyclic) bond motifs is 1. The zero-order valence-electron chi connectivity index (χ0n) is 9.43. The van der Waals surface area contributed by atoms with Crippen LogP contribution in [-0.2, 0) is 9.47 Å². The summed E-state index contributed by atoms with van der Waals surface area (Å²) in [6.07, 6.45) is -0.356. The van der Waals surface area contributed by atoms with E-state index in [2.05, 4.69) is 0 Å². The van der Waals surface area contributed by atoms with Gasteiger partial charge in [-0.15, -0.1) is 0 Å². The van der Waals surface area contributed by atoms with Crippen LogP contribution in [0.4, 0.5) is 0 Å². The average molecular weight is 237 g/mol. The van der Waals surface area contributed by atoms with E-state index in [1.807, 2.05) is 18.2 Å². The lowest BCUT2D eigenvalue weighted by Crippen LogP contribution is -2.37. The van der Waals surface area contributed by atoms with Crippen LogP contribution < -0.4 is 15.2 Å². The Balaban J connectivity index is 1.79. The van der Waals surface area contributed by atoms with Crippen LogP contribution in [0.2, 0.25) is 0 Å². The lowest BCUT2D eigenvalue weighted by molar-refractivity contribution is -0.190. The van der Waals surface area contributed by atoms with Crippen LogP contribution in [0.15, 0.2) is 18.2 Å². The van der Waals surface area contributed by atoms with Crippen LogP contribution in [0.3, 0.4) is 0 Å². The molecule has 0 saturated carbocycles. The van der Waals surface area contributed by atoms with Crippen molar-refractivity contribution >= 4 is 0 Å². The van der Waals surface area contributed by atoms with Crippen molar-refractivity contribution in [3.8, 4) is 11.5 Å². The Morgan fingerprint density at radius 3 is 2.47 bits per heavy atom. The quantitative estimate of drug-likeness (QED) is 0.783. The van der Waals surface area contributed by atoms with Gasteiger partial charge in [-0.3, -0.25) is 0 Å². The Labute approximate surface area is 99.4 Å². The minimum absolute atomic E-state index is 0.0385. The van der Waals surface area contributed by atoms with Gasteiger partial charge in [0.2, 0.25) is 0 Å². The zero-order chi connectivity index (χ0) is 11.7. The molecular formula is C12H15NO4. The van der Waals surface area contributed by atoms with Crippen LogP contribution in [-0.4, -0.2) is 32.5 Å². The average Bonchev–Trinajstić information content (AvgIpc) is 2.39. The Hall–Kier alpha value is -1.30. The van der Waals surface area contributed by atoms with Gasteiger partial charge < -0.3 is 24.7 Å². The van der Waals surface area contributed by atoms with Crippen molar-refractivity contribution in [3.63, 3.8) is 0 Å². The Morgan fingerprint density at radius 2 is 1.71 bits per heavy atom. The molecule has 5 nitrogen and oxygen atoms in total. The second-order valence-corrected chi connectivity index (χ2v) is 4.16. The fourth-order valence-corrected chi connectivity index (χ4v) is 1.92. The maximum atomic E-state index is 5.69. The number of hydrogen-bond acceptors (Lipinski definition) is 5. The summed E-state index contributed by atoms with van der Waals surface area (Å²) in [4.78, 5) is 0. The first kappa shape index (κ1) is 10.8. The predicted molar refractivity (Wildman–Crippen MR) is 60.1 cm³/mol. The molecule has 5 heteroatoms. The van der Waals surface area contributed by atoms with Crippen molar-refractivity contribution in [3.05, 3.63) is 23.8 Å². The van der Waals surface area contributed by atoms with Crippen molar-refractivity contribution in [2.45, 2.75) is 12.3 Å². The van der Waals surface area contributed by atoms with Crippen molar-refractivity contribution in [1.29, 1.82) is 0 Å². The molecule has 1 saturated heterocycles. The lowest BCUT2D eigenvalue weighted by Gasteiger charge is -2.28. The molecule has 0 radical (unpaired) electrons. The molecule has 2 N–H and O–H groups in total. The van der Waals surface area contributed by atoms with Gasteiger partial charge in [-0.25, -0.2) is 0 Å². The molecule has 92 valence electrons. The third-order valence-corrected chi connectivity index (χ3v) is 2.76. The van der Waals surface area contributed by atoms with E-state index in [-0.39, 0.29) is 12.3 Å². The van der Waals surface area contributed by atoms with Gasteiger partial charge in [-0.2, -0.15) is 0 Å². The van der Waals surface area contributed by atoms with Gasteiger partial charge in [0.05, 0.1) is 19.3 Å². The number of hydrogen-bond donors (Lipinski definition) is 1. The maximum Gasteiger partial charge on any atom is 0.184 e. The highest BCUT2D eigenvalue weighted by Gasteiger charge is 2.23. The summed E-state index contributed by atoms with van der Waals surface area (Å²) in [5, 5.41) is 0.